The van der Waals surface area contributed by atoms with Gasteiger partial charge in [-0.3, -0.25) is 0 Å². The van der Waals surface area contributed by atoms with Gasteiger partial charge in [0.1, 0.15) is 0 Å². The highest BCUT2D eigenvalue weighted by Crippen LogP contribution is 2.30. The molecule has 0 heterocycles. The van der Waals surface area contributed by atoms with Crippen molar-refractivity contribution in [2.45, 2.75) is 45.1 Å². The molecule has 1 aromatic rings. The molecule has 1 fully saturated rings. The van der Waals surface area contributed by atoms with Crippen molar-refractivity contribution in [3.63, 3.8) is 0 Å². The minimum Gasteiger partial charge on any atom is -0.327 e. The van der Waals surface area contributed by atoms with E-state index in [-0.39, 0.29) is 6.04 Å². The lowest BCUT2D eigenvalue weighted by Gasteiger charge is -2.30. The van der Waals surface area contributed by atoms with Crippen LogP contribution in [0.5, 0.6) is 0 Å². The molecule has 0 amide bonds. The Bertz CT molecular complexity index is 397. The highest BCUT2D eigenvalue weighted by atomic mass is 19.2. The topological polar surface area (TPSA) is 26.0 Å². The van der Waals surface area contributed by atoms with Gasteiger partial charge in [0.2, 0.25) is 0 Å². The van der Waals surface area contributed by atoms with Crippen LogP contribution in [0.15, 0.2) is 18.2 Å². The first-order valence-corrected chi connectivity index (χ1v) is 6.75. The van der Waals surface area contributed by atoms with Crippen molar-refractivity contribution in [3.05, 3.63) is 35.4 Å². The van der Waals surface area contributed by atoms with Gasteiger partial charge >= 0.3 is 0 Å². The van der Waals surface area contributed by atoms with Gasteiger partial charge in [-0.15, -0.1) is 0 Å². The zero-order valence-corrected chi connectivity index (χ0v) is 10.8. The second-order valence-corrected chi connectivity index (χ2v) is 5.64. The van der Waals surface area contributed by atoms with E-state index in [1.165, 1.54) is 25.0 Å². The summed E-state index contributed by atoms with van der Waals surface area (Å²) in [6.07, 6.45) is 5.42. The molecule has 0 radical (unpaired) electrons. The van der Waals surface area contributed by atoms with E-state index in [2.05, 4.69) is 6.92 Å². The average molecular weight is 253 g/mol. The van der Waals surface area contributed by atoms with Crippen molar-refractivity contribution < 1.29 is 8.78 Å². The van der Waals surface area contributed by atoms with Crippen LogP contribution in [0.2, 0.25) is 0 Å². The summed E-state index contributed by atoms with van der Waals surface area (Å²) >= 11 is 0. The normalized spacial score (nSPS) is 26.0. The number of nitrogens with two attached hydrogens (primary N) is 1. The molecule has 1 saturated carbocycles. The van der Waals surface area contributed by atoms with Gasteiger partial charge in [-0.2, -0.15) is 0 Å². The number of hydrogen-bond acceptors (Lipinski definition) is 1. The maximum atomic E-state index is 13.1. The van der Waals surface area contributed by atoms with Crippen LogP contribution in [0.25, 0.3) is 0 Å². The number of benzene rings is 1. The van der Waals surface area contributed by atoms with Crippen LogP contribution in [0.1, 0.15) is 38.2 Å². The van der Waals surface area contributed by atoms with Crippen molar-refractivity contribution in [1.82, 2.24) is 0 Å². The Morgan fingerprint density at radius 3 is 2.44 bits per heavy atom. The van der Waals surface area contributed by atoms with Crippen LogP contribution in [0.4, 0.5) is 8.78 Å². The summed E-state index contributed by atoms with van der Waals surface area (Å²) in [7, 11) is 0. The molecule has 0 saturated heterocycles. The summed E-state index contributed by atoms with van der Waals surface area (Å²) in [6, 6.07) is 4.13. The molecule has 1 nitrogen and oxygen atoms in total. The molecule has 1 atom stereocenters. The first-order chi connectivity index (χ1) is 8.56. The van der Waals surface area contributed by atoms with E-state index < -0.39 is 11.6 Å². The van der Waals surface area contributed by atoms with Gasteiger partial charge in [0.05, 0.1) is 0 Å². The molecule has 1 unspecified atom stereocenters. The molecule has 1 aromatic carbocycles. The molecular formula is C15H21F2N. The summed E-state index contributed by atoms with van der Waals surface area (Å²) in [5, 5.41) is 0. The molecule has 0 bridgehead atoms. The molecule has 100 valence electrons. The summed E-state index contributed by atoms with van der Waals surface area (Å²) in [4.78, 5) is 0. The molecule has 1 aliphatic rings. The molecular weight excluding hydrogens is 232 g/mol. The molecule has 2 N–H and O–H groups in total. The number of rotatable bonds is 3. The first kappa shape index (κ1) is 13.5. The predicted molar refractivity (Wildman–Crippen MR) is 69.2 cm³/mol. The third kappa shape index (κ3) is 3.29. The monoisotopic (exact) mass is 253 g/mol. The van der Waals surface area contributed by atoms with Crippen molar-refractivity contribution in [1.29, 1.82) is 0 Å². The second kappa shape index (κ2) is 5.79. The molecule has 18 heavy (non-hydrogen) atoms. The first-order valence-electron chi connectivity index (χ1n) is 6.75. The van der Waals surface area contributed by atoms with E-state index in [4.69, 9.17) is 5.73 Å². The third-order valence-corrected chi connectivity index (χ3v) is 4.12. The summed E-state index contributed by atoms with van der Waals surface area (Å²) < 4.78 is 25.9. The van der Waals surface area contributed by atoms with Crippen molar-refractivity contribution >= 4 is 0 Å². The van der Waals surface area contributed by atoms with Crippen molar-refractivity contribution in [2.75, 3.05) is 0 Å². The van der Waals surface area contributed by atoms with Gasteiger partial charge in [0.15, 0.2) is 11.6 Å². The van der Waals surface area contributed by atoms with Gasteiger partial charge in [0, 0.05) is 6.04 Å². The average Bonchev–Trinajstić information content (AvgIpc) is 2.34. The zero-order chi connectivity index (χ0) is 13.1. The van der Waals surface area contributed by atoms with Gasteiger partial charge in [-0.1, -0.05) is 25.8 Å². The lowest BCUT2D eigenvalue weighted by Crippen LogP contribution is -2.34. The minimum absolute atomic E-state index is 0.0577. The fourth-order valence-corrected chi connectivity index (χ4v) is 2.82. The maximum Gasteiger partial charge on any atom is 0.159 e. The smallest absolute Gasteiger partial charge is 0.159 e. The summed E-state index contributed by atoms with van der Waals surface area (Å²) in [5.41, 5.74) is 6.99. The Balaban J connectivity index is 1.94. The molecule has 0 aromatic heterocycles. The van der Waals surface area contributed by atoms with Crippen molar-refractivity contribution in [2.24, 2.45) is 17.6 Å². The standard InChI is InChI=1S/C15H21F2N/c1-10-2-5-12(6-3-10)15(18)9-11-4-7-13(16)14(17)8-11/h4,7-8,10,12,15H,2-3,5-6,9,18H2,1H3. The van der Waals surface area contributed by atoms with E-state index in [0.29, 0.717) is 12.3 Å². The molecule has 0 aliphatic heterocycles. The van der Waals surface area contributed by atoms with Gasteiger partial charge in [0.25, 0.3) is 0 Å². The van der Waals surface area contributed by atoms with Gasteiger partial charge in [-0.05, 0) is 48.8 Å². The lowest BCUT2D eigenvalue weighted by molar-refractivity contribution is 0.253. The van der Waals surface area contributed by atoms with Crippen LogP contribution >= 0.6 is 0 Å². The van der Waals surface area contributed by atoms with Crippen LogP contribution in [-0.4, -0.2) is 6.04 Å². The molecule has 0 spiro atoms. The highest BCUT2D eigenvalue weighted by molar-refractivity contribution is 5.19. The van der Waals surface area contributed by atoms with Gasteiger partial charge < -0.3 is 5.73 Å². The number of hydrogen-bond donors (Lipinski definition) is 1. The largest absolute Gasteiger partial charge is 0.327 e. The SMILES string of the molecule is CC1CCC(C(N)Cc2ccc(F)c(F)c2)CC1. The Kier molecular flexibility index (Phi) is 4.33. The molecule has 2 rings (SSSR count). The third-order valence-electron chi connectivity index (χ3n) is 4.12. The van der Waals surface area contributed by atoms with E-state index in [1.54, 1.807) is 6.07 Å². The minimum atomic E-state index is -0.793. The van der Waals surface area contributed by atoms with Gasteiger partial charge in [-0.25, -0.2) is 8.78 Å². The van der Waals surface area contributed by atoms with Crippen LogP contribution in [0.3, 0.4) is 0 Å². The summed E-state index contributed by atoms with van der Waals surface area (Å²) in [6.45, 7) is 2.27. The highest BCUT2D eigenvalue weighted by Gasteiger charge is 2.23. The fraction of sp³-hybridized carbons (Fsp3) is 0.600. The second-order valence-electron chi connectivity index (χ2n) is 5.64. The summed E-state index contributed by atoms with van der Waals surface area (Å²) in [5.74, 6) is -0.248. The van der Waals surface area contributed by atoms with E-state index in [1.807, 2.05) is 0 Å². The van der Waals surface area contributed by atoms with E-state index in [9.17, 15) is 8.78 Å². The number of halogens is 2. The Hall–Kier alpha value is -0.960. The predicted octanol–water partition coefficient (Wildman–Crippen LogP) is 3.66. The quantitative estimate of drug-likeness (QED) is 0.874. The van der Waals surface area contributed by atoms with E-state index in [0.717, 1.165) is 24.3 Å². The van der Waals surface area contributed by atoms with Crippen LogP contribution in [-0.2, 0) is 6.42 Å². The molecule has 1 aliphatic carbocycles. The lowest BCUT2D eigenvalue weighted by atomic mass is 9.78. The van der Waals surface area contributed by atoms with E-state index >= 15 is 0 Å². The Labute approximate surface area is 107 Å². The van der Waals surface area contributed by atoms with Crippen LogP contribution < -0.4 is 5.73 Å². The van der Waals surface area contributed by atoms with Crippen molar-refractivity contribution in [3.8, 4) is 0 Å². The maximum absolute atomic E-state index is 13.1. The Morgan fingerprint density at radius 1 is 1.17 bits per heavy atom. The Morgan fingerprint density at radius 2 is 1.83 bits per heavy atom. The van der Waals surface area contributed by atoms with Crippen LogP contribution in [0, 0.1) is 23.5 Å². The fourth-order valence-electron chi connectivity index (χ4n) is 2.82. The molecule has 3 heteroatoms. The zero-order valence-electron chi connectivity index (χ0n) is 10.8.